The average Bonchev–Trinajstić information content (AvgIpc) is 2.89. The van der Waals surface area contributed by atoms with Crippen LogP contribution in [0, 0.1) is 0 Å². The third-order valence-corrected chi connectivity index (χ3v) is 8.96. The first-order valence-corrected chi connectivity index (χ1v) is 14.4. The SMILES string of the molecule is COc1cccc(S(=O)(=O)N2C[C@H](O)COC[C@@H]3O[C@H](CC(=O)NCCCN4CCOCC4)CC[C@H]32)c1. The third kappa shape index (κ3) is 7.62. The minimum atomic E-state index is -3.94. The van der Waals surface area contributed by atoms with E-state index < -0.39 is 28.3 Å². The van der Waals surface area contributed by atoms with Gasteiger partial charge in [-0.25, -0.2) is 8.42 Å². The number of hydrogen-bond donors (Lipinski definition) is 2. The Morgan fingerprint density at radius 2 is 2.00 bits per heavy atom. The first kappa shape index (κ1) is 28.2. The Bertz CT molecular complexity index is 988. The molecular weight excluding hydrogens is 502 g/mol. The van der Waals surface area contributed by atoms with Gasteiger partial charge in [0.25, 0.3) is 0 Å². The normalized spacial score (nSPS) is 28.1. The second-order valence-electron chi connectivity index (χ2n) is 9.75. The van der Waals surface area contributed by atoms with Gasteiger partial charge in [0, 0.05) is 32.2 Å². The zero-order chi connectivity index (χ0) is 26.3. The molecule has 1 aromatic carbocycles. The van der Waals surface area contributed by atoms with E-state index in [0.29, 0.717) is 25.1 Å². The van der Waals surface area contributed by atoms with Gasteiger partial charge in [0.15, 0.2) is 0 Å². The van der Waals surface area contributed by atoms with E-state index in [2.05, 4.69) is 10.2 Å². The van der Waals surface area contributed by atoms with Crippen LogP contribution in [0.3, 0.4) is 0 Å². The number of nitrogens with zero attached hydrogens (tertiary/aromatic N) is 2. The highest BCUT2D eigenvalue weighted by molar-refractivity contribution is 7.89. The number of aliphatic hydroxyl groups excluding tert-OH is 1. The van der Waals surface area contributed by atoms with Crippen molar-refractivity contribution < 1.29 is 37.3 Å². The number of fused-ring (bicyclic) bond motifs is 1. The molecule has 0 bridgehead atoms. The first-order chi connectivity index (χ1) is 17.9. The van der Waals surface area contributed by atoms with E-state index in [0.717, 1.165) is 39.3 Å². The number of hydrogen-bond acceptors (Lipinski definition) is 9. The Hall–Kier alpha value is -1.80. The summed E-state index contributed by atoms with van der Waals surface area (Å²) < 4.78 is 51.0. The second-order valence-corrected chi connectivity index (χ2v) is 11.6. The molecular formula is C25H39N3O8S. The van der Waals surface area contributed by atoms with Gasteiger partial charge in [-0.2, -0.15) is 4.31 Å². The minimum Gasteiger partial charge on any atom is -0.497 e. The van der Waals surface area contributed by atoms with Gasteiger partial charge in [0.1, 0.15) is 5.75 Å². The number of β-amino-alcohol motifs (C(OH)–C–C–N with tert-alkyl or cyclic N) is 1. The third-order valence-electron chi connectivity index (χ3n) is 7.07. The molecule has 3 fully saturated rings. The molecule has 1 aromatic rings. The number of methoxy groups -OCH3 is 1. The summed E-state index contributed by atoms with van der Waals surface area (Å²) in [6.07, 6.45) is 0.292. The molecule has 0 spiro atoms. The summed E-state index contributed by atoms with van der Waals surface area (Å²) in [7, 11) is -2.46. The summed E-state index contributed by atoms with van der Waals surface area (Å²) in [5.74, 6) is 0.359. The lowest BCUT2D eigenvalue weighted by Gasteiger charge is -2.43. The molecule has 12 heteroatoms. The molecule has 0 aliphatic carbocycles. The summed E-state index contributed by atoms with van der Waals surface area (Å²) in [5, 5.41) is 13.4. The Kier molecular flexibility index (Phi) is 10.2. The predicted molar refractivity (Wildman–Crippen MR) is 135 cm³/mol. The van der Waals surface area contributed by atoms with Gasteiger partial charge in [-0.05, 0) is 37.9 Å². The van der Waals surface area contributed by atoms with Gasteiger partial charge in [0.05, 0.1) is 69.2 Å². The molecule has 11 nitrogen and oxygen atoms in total. The van der Waals surface area contributed by atoms with Crippen LogP contribution in [0.1, 0.15) is 25.7 Å². The van der Waals surface area contributed by atoms with Gasteiger partial charge in [-0.15, -0.1) is 0 Å². The largest absolute Gasteiger partial charge is 0.497 e. The standard InChI is InChI=1S/C25H39N3O8S/c1-33-20-4-2-5-22(14-20)37(31,32)28-16-19(29)17-35-18-24-23(28)7-6-21(36-24)15-25(30)26-8-3-9-27-10-12-34-13-11-27/h2,4-5,14,19,21,23-24,29H,3,6-13,15-18H2,1H3,(H,26,30)/t19-,21-,23+,24-/m0/s1. The molecule has 4 atom stereocenters. The number of sulfonamides is 1. The molecule has 4 rings (SSSR count). The number of morpholine rings is 1. The van der Waals surface area contributed by atoms with Crippen molar-refractivity contribution in [1.29, 1.82) is 0 Å². The molecule has 208 valence electrons. The molecule has 3 heterocycles. The maximum atomic E-state index is 13.6. The second kappa shape index (κ2) is 13.3. The van der Waals surface area contributed by atoms with Crippen molar-refractivity contribution in [2.24, 2.45) is 0 Å². The van der Waals surface area contributed by atoms with Crippen LogP contribution in [0.25, 0.3) is 0 Å². The molecule has 3 aliphatic heterocycles. The van der Waals surface area contributed by atoms with Gasteiger partial charge in [0.2, 0.25) is 15.9 Å². The number of carbonyl (C=O) groups excluding carboxylic acids is 1. The zero-order valence-corrected chi connectivity index (χ0v) is 22.2. The van der Waals surface area contributed by atoms with Crippen LogP contribution in [0.4, 0.5) is 0 Å². The van der Waals surface area contributed by atoms with E-state index in [1.165, 1.54) is 23.5 Å². The summed E-state index contributed by atoms with van der Waals surface area (Å²) in [4.78, 5) is 15.0. The van der Waals surface area contributed by atoms with Crippen LogP contribution in [0.2, 0.25) is 0 Å². The van der Waals surface area contributed by atoms with Crippen LogP contribution >= 0.6 is 0 Å². The van der Waals surface area contributed by atoms with Crippen molar-refractivity contribution in [1.82, 2.24) is 14.5 Å². The number of amides is 1. The molecule has 0 radical (unpaired) electrons. The topological polar surface area (TPSA) is 127 Å². The molecule has 3 saturated heterocycles. The van der Waals surface area contributed by atoms with Crippen LogP contribution in [-0.2, 0) is 29.0 Å². The number of aliphatic hydroxyl groups is 1. The fourth-order valence-corrected chi connectivity index (χ4v) is 6.85. The molecule has 2 N–H and O–H groups in total. The van der Waals surface area contributed by atoms with Crippen molar-refractivity contribution in [3.8, 4) is 5.75 Å². The average molecular weight is 542 g/mol. The summed E-state index contributed by atoms with van der Waals surface area (Å²) in [6, 6.07) is 5.78. The lowest BCUT2D eigenvalue weighted by molar-refractivity contribution is -0.146. The fourth-order valence-electron chi connectivity index (χ4n) is 5.10. The highest BCUT2D eigenvalue weighted by atomic mass is 32.2. The number of nitrogens with one attached hydrogen (secondary N) is 1. The lowest BCUT2D eigenvalue weighted by atomic mass is 9.96. The molecule has 0 unspecified atom stereocenters. The van der Waals surface area contributed by atoms with Crippen molar-refractivity contribution in [2.45, 2.75) is 54.9 Å². The zero-order valence-electron chi connectivity index (χ0n) is 21.4. The highest BCUT2D eigenvalue weighted by Crippen LogP contribution is 2.32. The van der Waals surface area contributed by atoms with E-state index in [9.17, 15) is 18.3 Å². The fraction of sp³-hybridized carbons (Fsp3) is 0.720. The van der Waals surface area contributed by atoms with Gasteiger partial charge >= 0.3 is 0 Å². The van der Waals surface area contributed by atoms with Gasteiger partial charge in [-0.1, -0.05) is 6.07 Å². The van der Waals surface area contributed by atoms with E-state index in [4.69, 9.17) is 18.9 Å². The highest BCUT2D eigenvalue weighted by Gasteiger charge is 2.43. The quantitative estimate of drug-likeness (QED) is 0.422. The predicted octanol–water partition coefficient (Wildman–Crippen LogP) is 0.222. The molecule has 0 aromatic heterocycles. The Morgan fingerprint density at radius 1 is 1.19 bits per heavy atom. The summed E-state index contributed by atoms with van der Waals surface area (Å²) >= 11 is 0. The van der Waals surface area contributed by atoms with E-state index in [-0.39, 0.29) is 43.1 Å². The minimum absolute atomic E-state index is 0.00497. The lowest BCUT2D eigenvalue weighted by Crippen LogP contribution is -2.57. The van der Waals surface area contributed by atoms with Crippen molar-refractivity contribution in [3.63, 3.8) is 0 Å². The summed E-state index contributed by atoms with van der Waals surface area (Å²) in [5.41, 5.74) is 0. The Morgan fingerprint density at radius 3 is 2.78 bits per heavy atom. The first-order valence-electron chi connectivity index (χ1n) is 13.0. The van der Waals surface area contributed by atoms with Gasteiger partial charge in [-0.3, -0.25) is 9.69 Å². The van der Waals surface area contributed by atoms with Crippen molar-refractivity contribution in [2.75, 3.05) is 66.3 Å². The van der Waals surface area contributed by atoms with E-state index in [1.54, 1.807) is 12.1 Å². The smallest absolute Gasteiger partial charge is 0.243 e. The monoisotopic (exact) mass is 541 g/mol. The van der Waals surface area contributed by atoms with E-state index in [1.807, 2.05) is 0 Å². The molecule has 37 heavy (non-hydrogen) atoms. The van der Waals surface area contributed by atoms with Crippen molar-refractivity contribution in [3.05, 3.63) is 24.3 Å². The van der Waals surface area contributed by atoms with Crippen LogP contribution < -0.4 is 10.1 Å². The molecule has 1 amide bonds. The summed E-state index contributed by atoms with van der Waals surface area (Å²) in [6.45, 7) is 4.94. The Balaban J connectivity index is 1.34. The maximum absolute atomic E-state index is 13.6. The Labute approximate surface area is 219 Å². The number of carbonyl (C=O) groups is 1. The van der Waals surface area contributed by atoms with E-state index >= 15 is 0 Å². The van der Waals surface area contributed by atoms with Crippen molar-refractivity contribution >= 4 is 15.9 Å². The number of benzene rings is 1. The van der Waals surface area contributed by atoms with Gasteiger partial charge < -0.3 is 29.4 Å². The number of rotatable bonds is 9. The van der Waals surface area contributed by atoms with Crippen LogP contribution in [0.15, 0.2) is 29.2 Å². The van der Waals surface area contributed by atoms with Crippen LogP contribution in [-0.4, -0.2) is 119 Å². The molecule has 3 aliphatic rings. The van der Waals surface area contributed by atoms with Crippen LogP contribution in [0.5, 0.6) is 5.75 Å². The maximum Gasteiger partial charge on any atom is 0.243 e. The molecule has 0 saturated carbocycles. The number of ether oxygens (including phenoxy) is 4.